The van der Waals surface area contributed by atoms with Crippen molar-refractivity contribution in [3.63, 3.8) is 0 Å². The lowest BCUT2D eigenvalue weighted by molar-refractivity contribution is -0.137. The number of H-pyrrole nitrogens is 2. The first kappa shape index (κ1) is 88.1. The van der Waals surface area contributed by atoms with Gasteiger partial charge in [0.1, 0.15) is 78.3 Å². The molecule has 0 spiro atoms. The van der Waals surface area contributed by atoms with Crippen molar-refractivity contribution in [1.82, 2.24) is 78.8 Å². The maximum absolute atomic E-state index is 14.9. The molecule has 37 nitrogen and oxygen atoms in total. The Balaban J connectivity index is 1.37. The van der Waals surface area contributed by atoms with Gasteiger partial charge in [0.05, 0.1) is 32.4 Å². The summed E-state index contributed by atoms with van der Waals surface area (Å²) >= 11 is 4.29. The predicted molar refractivity (Wildman–Crippen MR) is 397 cm³/mol. The number of nitrogens with one attached hydrogen (secondary N) is 14. The van der Waals surface area contributed by atoms with Gasteiger partial charge in [0.15, 0.2) is 0 Å². The van der Waals surface area contributed by atoms with Gasteiger partial charge in [0.2, 0.25) is 88.6 Å². The number of rotatable bonds is 46. The highest BCUT2D eigenvalue weighted by Crippen LogP contribution is 2.20. The molecule has 2 heterocycles. The minimum Gasteiger partial charge on any atom is -0.508 e. The van der Waals surface area contributed by atoms with Crippen LogP contribution in [0.2, 0.25) is 0 Å². The van der Waals surface area contributed by atoms with E-state index in [4.69, 9.17) is 22.9 Å². The largest absolute Gasteiger partial charge is 0.508 e. The Labute approximate surface area is 632 Å². The summed E-state index contributed by atoms with van der Waals surface area (Å²) in [6.45, 7) is 5.52. The van der Waals surface area contributed by atoms with Crippen molar-refractivity contribution >= 4 is 112 Å². The van der Waals surface area contributed by atoms with Gasteiger partial charge in [-0.25, -0.2) is 4.98 Å². The Bertz CT molecular complexity index is 3960. The number of primary amides is 3. The zero-order valence-electron chi connectivity index (χ0n) is 60.9. The van der Waals surface area contributed by atoms with Gasteiger partial charge in [0.25, 0.3) is 0 Å². The van der Waals surface area contributed by atoms with Crippen LogP contribution in [0.4, 0.5) is 0 Å². The molecule has 0 bridgehead atoms. The summed E-state index contributed by atoms with van der Waals surface area (Å²) in [6.07, 6.45) is 2.06. The number of aromatic amines is 2. The Morgan fingerprint density at radius 3 is 1.42 bits per heavy atom. The highest BCUT2D eigenvalue weighted by Gasteiger charge is 2.39. The average Bonchev–Trinajstić information content (AvgIpc) is 1.72. The van der Waals surface area contributed by atoms with Crippen LogP contribution in [0.3, 0.4) is 0 Å². The minimum absolute atomic E-state index is 0.0179. The van der Waals surface area contributed by atoms with Crippen molar-refractivity contribution < 1.29 is 87.2 Å². The van der Waals surface area contributed by atoms with Gasteiger partial charge in [-0.3, -0.25) is 71.9 Å². The van der Waals surface area contributed by atoms with Crippen LogP contribution in [0.25, 0.3) is 10.9 Å². The summed E-state index contributed by atoms with van der Waals surface area (Å²) in [6, 6.07) is 1.44. The van der Waals surface area contributed by atoms with Gasteiger partial charge in [-0.05, 0) is 72.5 Å². The Morgan fingerprint density at radius 1 is 0.477 bits per heavy atom. The molecule has 0 aliphatic carbocycles. The molecular weight excluding hydrogens is 1440 g/mol. The summed E-state index contributed by atoms with van der Waals surface area (Å²) in [5, 5.41) is 61.4. The number of para-hydroxylation sites is 1. The molecule has 5 rings (SSSR count). The third kappa shape index (κ3) is 28.3. The van der Waals surface area contributed by atoms with E-state index in [1.807, 2.05) is 18.2 Å². The van der Waals surface area contributed by atoms with Crippen LogP contribution in [0.5, 0.6) is 5.75 Å². The third-order valence-electron chi connectivity index (χ3n) is 17.5. The lowest BCUT2D eigenvalue weighted by Crippen LogP contribution is -2.62. The molecule has 0 aliphatic rings. The highest BCUT2D eigenvalue weighted by molar-refractivity contribution is 7.80. The van der Waals surface area contributed by atoms with E-state index in [0.29, 0.717) is 28.8 Å². The number of fused-ring (bicyclic) bond motifs is 1. The topological polar surface area (TPSA) is 610 Å². The lowest BCUT2D eigenvalue weighted by atomic mass is 9.96. The van der Waals surface area contributed by atoms with E-state index >= 15 is 0 Å². The predicted octanol–water partition coefficient (Wildman–Crippen LogP) is -5.31. The van der Waals surface area contributed by atoms with E-state index in [-0.39, 0.29) is 63.0 Å². The Morgan fingerprint density at radius 2 is 0.917 bits per heavy atom. The van der Waals surface area contributed by atoms with Gasteiger partial charge in [-0.1, -0.05) is 94.8 Å². The number of thiol groups is 1. The van der Waals surface area contributed by atoms with Gasteiger partial charge in [0, 0.05) is 67.4 Å². The van der Waals surface area contributed by atoms with Crippen molar-refractivity contribution in [2.75, 3.05) is 25.5 Å². The minimum atomic E-state index is -1.97. The molecule has 3 aromatic carbocycles. The van der Waals surface area contributed by atoms with Gasteiger partial charge in [-0.2, -0.15) is 12.6 Å². The second-order valence-corrected chi connectivity index (χ2v) is 26.8. The maximum Gasteiger partial charge on any atom is 0.245 e. The number of carbonyl (C=O) groups is 15. The molecule has 0 aliphatic heterocycles. The molecule has 0 radical (unpaired) electrons. The Kier molecular flexibility index (Phi) is 35.5. The molecular formula is C71H99N19O18S. The number of aliphatic hydroxyl groups is 2. The molecule has 5 aromatic rings. The zero-order chi connectivity index (χ0) is 80.6. The Hall–Kier alpha value is -11.5. The molecule has 592 valence electrons. The molecule has 0 fully saturated rings. The molecule has 109 heavy (non-hydrogen) atoms. The first-order chi connectivity index (χ1) is 51.8. The quantitative estimate of drug-likeness (QED) is 0.0128. The van der Waals surface area contributed by atoms with Crippen LogP contribution in [-0.4, -0.2) is 217 Å². The number of unbranched alkanes of at least 4 members (excludes halogenated alkanes) is 1. The van der Waals surface area contributed by atoms with E-state index in [1.165, 1.54) is 36.8 Å². The summed E-state index contributed by atoms with van der Waals surface area (Å²) in [5.74, 6) is -17.1. The molecule has 0 saturated heterocycles. The number of nitrogens with zero attached hydrogens (tertiary/aromatic N) is 1. The van der Waals surface area contributed by atoms with Crippen molar-refractivity contribution in [2.45, 2.75) is 171 Å². The van der Waals surface area contributed by atoms with E-state index < -0.39 is 199 Å². The monoisotopic (exact) mass is 1540 g/mol. The number of aliphatic hydroxyl groups excluding tert-OH is 2. The van der Waals surface area contributed by atoms with Gasteiger partial charge < -0.3 is 112 Å². The van der Waals surface area contributed by atoms with Crippen LogP contribution < -0.4 is 86.7 Å². The number of imidazole rings is 1. The van der Waals surface area contributed by atoms with E-state index in [0.717, 1.165) is 17.8 Å². The SMILES string of the molecule is CCC(C)[C@H](NC(=O)[C@H](CC(N)=O)NC(=O)[C@H](CO)NC(=O)[C@H](Cc1ccccc1)NC(=O)[C@H](Cc1ccc(O)cc1)NC(=O)[C@H](CCCCN)NC(=O)[C@H](CC(N)=O)NC(=O)[C@H](CO)NC(=O)[C@@H](NC(C)=O)C(C)C)C(=O)N[C@@H](Cc1cnc[nH]1)C(=O)N[C@@H](CS)C(=O)N[C@@H](Cc1c[nH]c2ccccc12)C(N)=O. The first-order valence-corrected chi connectivity index (χ1v) is 35.8. The fourth-order valence-corrected chi connectivity index (χ4v) is 11.5. The number of carbonyl (C=O) groups excluding carboxylic acids is 15. The van der Waals surface area contributed by atoms with E-state index in [1.54, 1.807) is 70.3 Å². The smallest absolute Gasteiger partial charge is 0.245 e. The summed E-state index contributed by atoms with van der Waals surface area (Å²) in [4.78, 5) is 216. The van der Waals surface area contributed by atoms with Crippen LogP contribution in [0.1, 0.15) is 95.5 Å². The van der Waals surface area contributed by atoms with Gasteiger partial charge >= 0.3 is 0 Å². The third-order valence-corrected chi connectivity index (χ3v) is 17.9. The lowest BCUT2D eigenvalue weighted by Gasteiger charge is -2.29. The van der Waals surface area contributed by atoms with Crippen LogP contribution >= 0.6 is 12.6 Å². The number of benzene rings is 3. The number of phenolic OH excluding ortho intramolecular Hbond substituents is 1. The standard InChI is InChI=1S/C71H99N19O18S/c1-6-37(4)59(71(108)86-50(27-42-31-76-35-78-42)64(101)89-55(34-109)69(106)81-47(60(75)97)26-41-30-77-45-17-11-10-16-44(41)45)90-66(103)52(29-57(74)96)85-67(104)53(32-91)87-63(100)48(24-39-14-8-7-9-15-39)83-62(99)49(25-40-19-21-43(94)22-20-40)82-61(98)46(18-12-13-23-72)80-65(102)51(28-56(73)95)84-68(105)54(33-92)88-70(107)58(36(2)3)79-38(5)93/h7-11,14-17,19-22,30-31,35-37,46-55,58-59,77,91-92,94,109H,6,12-13,18,23-29,32-34,72H2,1-5H3,(H2,73,95)(H2,74,96)(H2,75,97)(H,76,78)(H,79,93)(H,80,102)(H,81,106)(H,82,98)(H,83,99)(H,84,105)(H,85,104)(H,86,108)(H,87,100)(H,88,107)(H,89,101)(H,90,103)/t37?,46-,47-,48-,49-,50-,51-,52-,53-,54-,55-,58-,59-/m0/s1. The van der Waals surface area contributed by atoms with Crippen molar-refractivity contribution in [2.24, 2.45) is 34.8 Å². The van der Waals surface area contributed by atoms with Crippen molar-refractivity contribution in [1.29, 1.82) is 0 Å². The number of aromatic hydroxyl groups is 1. The maximum atomic E-state index is 14.9. The number of hydrogen-bond acceptors (Lipinski definition) is 21. The second-order valence-electron chi connectivity index (χ2n) is 26.4. The number of aromatic nitrogens is 3. The molecule has 2 aromatic heterocycles. The summed E-state index contributed by atoms with van der Waals surface area (Å²) < 4.78 is 0. The molecule has 25 N–H and O–H groups in total. The highest BCUT2D eigenvalue weighted by atomic mass is 32.1. The fraction of sp³-hybridized carbons (Fsp3) is 0.465. The number of phenols is 1. The number of hydrogen-bond donors (Lipinski definition) is 22. The summed E-state index contributed by atoms with van der Waals surface area (Å²) in [7, 11) is 0. The van der Waals surface area contributed by atoms with E-state index in [9.17, 15) is 87.2 Å². The zero-order valence-corrected chi connectivity index (χ0v) is 61.8. The summed E-state index contributed by atoms with van der Waals surface area (Å²) in [5.41, 5.74) is 25.1. The van der Waals surface area contributed by atoms with Crippen molar-refractivity contribution in [3.8, 4) is 5.75 Å². The molecule has 38 heteroatoms. The number of amides is 15. The van der Waals surface area contributed by atoms with Crippen molar-refractivity contribution in [3.05, 3.63) is 120 Å². The van der Waals surface area contributed by atoms with Crippen LogP contribution in [0.15, 0.2) is 97.6 Å². The molecule has 15 amide bonds. The molecule has 1 unspecified atom stereocenters. The van der Waals surface area contributed by atoms with Crippen LogP contribution in [-0.2, 0) is 97.6 Å². The van der Waals surface area contributed by atoms with E-state index in [2.05, 4.69) is 91.4 Å². The second kappa shape index (κ2) is 43.9. The molecule has 13 atom stereocenters. The first-order valence-electron chi connectivity index (χ1n) is 35.1. The molecule has 0 saturated carbocycles. The number of nitrogens with two attached hydrogens (primary N) is 4. The van der Waals surface area contributed by atoms with Crippen LogP contribution in [0, 0.1) is 11.8 Å². The normalized spacial score (nSPS) is 14.7. The van der Waals surface area contributed by atoms with Gasteiger partial charge in [-0.15, -0.1) is 0 Å². The fourth-order valence-electron chi connectivity index (χ4n) is 11.3. The average molecular weight is 1540 g/mol.